The normalized spacial score (nSPS) is 16.7. The molecule has 0 aliphatic carbocycles. The minimum absolute atomic E-state index is 0.130. The summed E-state index contributed by atoms with van der Waals surface area (Å²) >= 11 is 12.4. The number of benzene rings is 3. The Morgan fingerprint density at radius 1 is 0.947 bits per heavy atom. The number of aromatic nitrogens is 1. The Labute approximate surface area is 231 Å². The number of hydrogen-bond acceptors (Lipinski definition) is 3. The highest BCUT2D eigenvalue weighted by Crippen LogP contribution is 2.48. The molecule has 194 valence electrons. The number of nitrogens with one attached hydrogen (secondary N) is 1. The van der Waals surface area contributed by atoms with Crippen LogP contribution in [0.3, 0.4) is 0 Å². The summed E-state index contributed by atoms with van der Waals surface area (Å²) in [5.74, 6) is -0.215. The molecule has 0 unspecified atom stereocenters. The van der Waals surface area contributed by atoms with Gasteiger partial charge in [0, 0.05) is 42.0 Å². The number of nitrogens with zero attached hydrogens (tertiary/aromatic N) is 3. The molecule has 0 saturated carbocycles. The molecule has 1 aromatic heterocycles. The number of likely N-dealkylation sites (tertiary alicyclic amines) is 1. The van der Waals surface area contributed by atoms with Crippen molar-refractivity contribution in [1.82, 2.24) is 15.2 Å². The van der Waals surface area contributed by atoms with Crippen LogP contribution in [0.25, 0.3) is 10.8 Å². The van der Waals surface area contributed by atoms with Crippen molar-refractivity contribution in [3.05, 3.63) is 106 Å². The molecule has 8 heteroatoms. The van der Waals surface area contributed by atoms with E-state index in [2.05, 4.69) is 27.3 Å². The average molecular weight is 549 g/mol. The van der Waals surface area contributed by atoms with Crippen LogP contribution in [0.2, 0.25) is 10.2 Å². The first-order valence-electron chi connectivity index (χ1n) is 12.7. The number of fused-ring (bicyclic) bond motifs is 3. The van der Waals surface area contributed by atoms with Gasteiger partial charge in [-0.3, -0.25) is 9.80 Å². The second-order valence-corrected chi connectivity index (χ2v) is 11.1. The molecule has 2 aliphatic heterocycles. The van der Waals surface area contributed by atoms with E-state index in [9.17, 15) is 9.18 Å². The largest absolute Gasteiger partial charge is 0.334 e. The molecule has 5 nitrogen and oxygen atoms in total. The average Bonchev–Trinajstić information content (AvgIpc) is 3.22. The number of anilines is 1. The van der Waals surface area contributed by atoms with Crippen molar-refractivity contribution in [2.45, 2.75) is 31.3 Å². The Balaban J connectivity index is 1.16. The van der Waals surface area contributed by atoms with Crippen LogP contribution in [-0.4, -0.2) is 35.5 Å². The van der Waals surface area contributed by atoms with E-state index < -0.39 is 0 Å². The number of urea groups is 1. The number of halogens is 3. The van der Waals surface area contributed by atoms with Crippen LogP contribution in [0.1, 0.15) is 29.5 Å². The molecule has 0 bridgehead atoms. The third-order valence-corrected chi connectivity index (χ3v) is 8.29. The predicted octanol–water partition coefficient (Wildman–Crippen LogP) is 6.94. The van der Waals surface area contributed by atoms with Crippen LogP contribution < -0.4 is 10.2 Å². The fourth-order valence-corrected chi connectivity index (χ4v) is 6.21. The number of pyridine rings is 1. The summed E-state index contributed by atoms with van der Waals surface area (Å²) in [6.07, 6.45) is 3.50. The summed E-state index contributed by atoms with van der Waals surface area (Å²) in [7, 11) is 0. The molecule has 2 amide bonds. The number of hydrogen-bond donors (Lipinski definition) is 1. The van der Waals surface area contributed by atoms with Crippen molar-refractivity contribution in [3.63, 3.8) is 0 Å². The van der Waals surface area contributed by atoms with Gasteiger partial charge in [0.1, 0.15) is 11.0 Å². The molecule has 38 heavy (non-hydrogen) atoms. The summed E-state index contributed by atoms with van der Waals surface area (Å²) in [4.78, 5) is 21.6. The lowest BCUT2D eigenvalue weighted by Gasteiger charge is -2.40. The van der Waals surface area contributed by atoms with Crippen molar-refractivity contribution in [2.75, 3.05) is 24.5 Å². The van der Waals surface area contributed by atoms with Crippen LogP contribution in [-0.2, 0) is 18.5 Å². The van der Waals surface area contributed by atoms with Crippen molar-refractivity contribution >= 4 is 45.7 Å². The Bertz CT molecular complexity index is 1520. The maximum absolute atomic E-state index is 13.5. The Kier molecular flexibility index (Phi) is 6.72. The molecule has 0 atom stereocenters. The minimum atomic E-state index is -0.215. The van der Waals surface area contributed by atoms with E-state index in [0.717, 1.165) is 60.1 Å². The minimum Gasteiger partial charge on any atom is -0.334 e. The Hall–Kier alpha value is -3.19. The lowest BCUT2D eigenvalue weighted by atomic mass is 9.74. The van der Waals surface area contributed by atoms with Gasteiger partial charge < -0.3 is 5.32 Å². The van der Waals surface area contributed by atoms with E-state index in [1.807, 2.05) is 41.3 Å². The molecular weight excluding hydrogens is 522 g/mol. The molecule has 1 saturated heterocycles. The van der Waals surface area contributed by atoms with Crippen LogP contribution in [0.15, 0.2) is 72.9 Å². The third kappa shape index (κ3) is 4.96. The van der Waals surface area contributed by atoms with Gasteiger partial charge in [-0.15, -0.1) is 0 Å². The fourth-order valence-electron chi connectivity index (χ4n) is 5.84. The second-order valence-electron chi connectivity index (χ2n) is 10.3. The zero-order chi connectivity index (χ0) is 26.3. The summed E-state index contributed by atoms with van der Waals surface area (Å²) in [6, 6.07) is 20.4. The lowest BCUT2D eigenvalue weighted by Crippen LogP contribution is -2.47. The predicted molar refractivity (Wildman–Crippen MR) is 150 cm³/mol. The highest BCUT2D eigenvalue weighted by Gasteiger charge is 2.46. The number of carbonyl (C=O) groups excluding carboxylic acids is 1. The van der Waals surface area contributed by atoms with Gasteiger partial charge in [-0.25, -0.2) is 14.2 Å². The van der Waals surface area contributed by atoms with E-state index in [1.165, 1.54) is 11.6 Å². The lowest BCUT2D eigenvalue weighted by molar-refractivity contribution is 0.159. The van der Waals surface area contributed by atoms with Crippen LogP contribution in [0, 0.1) is 5.82 Å². The first-order valence-corrected chi connectivity index (χ1v) is 13.5. The number of amides is 2. The van der Waals surface area contributed by atoms with Crippen molar-refractivity contribution < 1.29 is 9.18 Å². The quantitative estimate of drug-likeness (QED) is 0.281. The third-order valence-electron chi connectivity index (χ3n) is 7.85. The molecular formula is C30H27Cl2FN4O. The molecule has 1 spiro atoms. The standard InChI is InChI=1S/C30H27Cl2FN4O/c31-24-4-6-27-26(16-24)30(19-37(27)29(38)35-17-20-7-10-34-28(32)14-20)8-11-36(12-9-30)18-21-1-2-23-15-25(33)5-3-22(23)13-21/h1-7,10,13-16H,8-9,11-12,17-19H2,(H,35,38). The molecule has 3 aromatic carbocycles. The molecule has 0 radical (unpaired) electrons. The van der Waals surface area contributed by atoms with Crippen LogP contribution >= 0.6 is 23.2 Å². The Morgan fingerprint density at radius 3 is 2.55 bits per heavy atom. The molecule has 2 aliphatic rings. The molecule has 1 N–H and O–H groups in total. The maximum Gasteiger partial charge on any atom is 0.322 e. The van der Waals surface area contributed by atoms with E-state index in [0.29, 0.717) is 23.3 Å². The van der Waals surface area contributed by atoms with E-state index >= 15 is 0 Å². The van der Waals surface area contributed by atoms with E-state index in [-0.39, 0.29) is 17.3 Å². The van der Waals surface area contributed by atoms with Gasteiger partial charge in [0.15, 0.2) is 0 Å². The fraction of sp³-hybridized carbons (Fsp3) is 0.267. The topological polar surface area (TPSA) is 48.5 Å². The molecule has 1 fully saturated rings. The van der Waals surface area contributed by atoms with Gasteiger partial charge >= 0.3 is 6.03 Å². The van der Waals surface area contributed by atoms with Gasteiger partial charge in [-0.05, 0) is 102 Å². The van der Waals surface area contributed by atoms with E-state index in [4.69, 9.17) is 23.2 Å². The zero-order valence-electron chi connectivity index (χ0n) is 20.8. The van der Waals surface area contributed by atoms with Gasteiger partial charge in [0.25, 0.3) is 0 Å². The zero-order valence-corrected chi connectivity index (χ0v) is 22.3. The van der Waals surface area contributed by atoms with Crippen LogP contribution in [0.4, 0.5) is 14.9 Å². The first-order chi connectivity index (χ1) is 18.4. The van der Waals surface area contributed by atoms with Gasteiger partial charge in [-0.2, -0.15) is 0 Å². The molecule has 6 rings (SSSR count). The van der Waals surface area contributed by atoms with Gasteiger partial charge in [-0.1, -0.05) is 41.4 Å². The van der Waals surface area contributed by atoms with Crippen molar-refractivity contribution in [1.29, 1.82) is 0 Å². The maximum atomic E-state index is 13.5. The van der Waals surface area contributed by atoms with Crippen LogP contribution in [0.5, 0.6) is 0 Å². The first kappa shape index (κ1) is 25.1. The summed E-state index contributed by atoms with van der Waals surface area (Å²) in [5, 5.41) is 6.09. The summed E-state index contributed by atoms with van der Waals surface area (Å²) in [5.41, 5.74) is 4.06. The van der Waals surface area contributed by atoms with Gasteiger partial charge in [0.05, 0.1) is 0 Å². The number of carbonyl (C=O) groups is 1. The Morgan fingerprint density at radius 2 is 1.74 bits per heavy atom. The van der Waals surface area contributed by atoms with E-state index in [1.54, 1.807) is 18.3 Å². The smallest absolute Gasteiger partial charge is 0.322 e. The monoisotopic (exact) mass is 548 g/mol. The second kappa shape index (κ2) is 10.2. The van der Waals surface area contributed by atoms with Crippen molar-refractivity contribution in [3.8, 4) is 0 Å². The highest BCUT2D eigenvalue weighted by atomic mass is 35.5. The number of piperidine rings is 1. The summed E-state index contributed by atoms with van der Waals surface area (Å²) < 4.78 is 13.5. The summed E-state index contributed by atoms with van der Waals surface area (Å²) in [6.45, 7) is 3.67. The molecule has 3 heterocycles. The SMILES string of the molecule is O=C(NCc1ccnc(Cl)c1)N1CC2(CCN(Cc3ccc4cc(F)ccc4c3)CC2)c2cc(Cl)ccc21. The number of rotatable bonds is 4. The van der Waals surface area contributed by atoms with Crippen molar-refractivity contribution in [2.24, 2.45) is 0 Å². The molecule has 4 aromatic rings. The highest BCUT2D eigenvalue weighted by molar-refractivity contribution is 6.30. The van der Waals surface area contributed by atoms with Gasteiger partial charge in [0.2, 0.25) is 0 Å².